The number of pyridine rings is 1. The Morgan fingerprint density at radius 2 is 2.04 bits per heavy atom. The van der Waals surface area contributed by atoms with E-state index in [0.717, 1.165) is 9.15 Å². The van der Waals surface area contributed by atoms with Gasteiger partial charge in [-0.3, -0.25) is 14.0 Å². The monoisotopic (exact) mass is 385 g/mol. The standard InChI is InChI=1S/C16H12BrN5O2/c1-9-10(2)20-22(16(24)13(9)6-18)8-12-5-15(23)21-7-11(17)3-4-14(21)19-12/h3-5,7H,8H2,1-2H3. The summed E-state index contributed by atoms with van der Waals surface area (Å²) in [6, 6.07) is 6.75. The van der Waals surface area contributed by atoms with E-state index in [4.69, 9.17) is 5.26 Å². The molecule has 8 heteroatoms. The number of fused-ring (bicyclic) bond motifs is 1. The highest BCUT2D eigenvalue weighted by Crippen LogP contribution is 2.10. The minimum atomic E-state index is -0.488. The molecule has 0 aliphatic heterocycles. The van der Waals surface area contributed by atoms with Gasteiger partial charge in [-0.15, -0.1) is 0 Å². The van der Waals surface area contributed by atoms with Gasteiger partial charge in [-0.05, 0) is 47.5 Å². The summed E-state index contributed by atoms with van der Waals surface area (Å²) in [5, 5.41) is 13.4. The molecule has 0 bridgehead atoms. The van der Waals surface area contributed by atoms with E-state index in [0.29, 0.717) is 22.6 Å². The molecule has 0 aliphatic carbocycles. The second-order valence-corrected chi connectivity index (χ2v) is 6.24. The van der Waals surface area contributed by atoms with Crippen molar-refractivity contribution in [1.29, 1.82) is 5.26 Å². The first-order valence-electron chi connectivity index (χ1n) is 7.07. The Morgan fingerprint density at radius 1 is 1.29 bits per heavy atom. The van der Waals surface area contributed by atoms with Crippen LogP contribution in [0.4, 0.5) is 0 Å². The predicted octanol–water partition coefficient (Wildman–Crippen LogP) is 1.55. The van der Waals surface area contributed by atoms with Crippen molar-refractivity contribution in [2.24, 2.45) is 0 Å². The molecule has 0 radical (unpaired) electrons. The molecule has 24 heavy (non-hydrogen) atoms. The SMILES string of the molecule is Cc1nn(Cc2cc(=O)n3cc(Br)ccc3n2)c(=O)c(C#N)c1C. The van der Waals surface area contributed by atoms with Crippen molar-refractivity contribution in [1.82, 2.24) is 19.2 Å². The van der Waals surface area contributed by atoms with E-state index >= 15 is 0 Å². The van der Waals surface area contributed by atoms with Crippen LogP contribution in [0.3, 0.4) is 0 Å². The first kappa shape index (κ1) is 16.1. The Hall–Kier alpha value is -2.79. The van der Waals surface area contributed by atoms with Crippen LogP contribution < -0.4 is 11.1 Å². The van der Waals surface area contributed by atoms with E-state index in [1.165, 1.54) is 10.5 Å². The van der Waals surface area contributed by atoms with Crippen LogP contribution in [0, 0.1) is 25.2 Å². The van der Waals surface area contributed by atoms with Gasteiger partial charge >= 0.3 is 0 Å². The molecule has 0 saturated carbocycles. The first-order chi connectivity index (χ1) is 11.4. The molecular weight excluding hydrogens is 374 g/mol. The van der Waals surface area contributed by atoms with Crippen molar-refractivity contribution in [3.63, 3.8) is 0 Å². The highest BCUT2D eigenvalue weighted by molar-refractivity contribution is 9.10. The molecule has 0 amide bonds. The van der Waals surface area contributed by atoms with Crippen LogP contribution in [0.25, 0.3) is 5.65 Å². The van der Waals surface area contributed by atoms with Crippen molar-refractivity contribution in [3.8, 4) is 6.07 Å². The summed E-state index contributed by atoms with van der Waals surface area (Å²) in [5.41, 5.74) is 1.35. The fourth-order valence-corrected chi connectivity index (χ4v) is 2.71. The summed E-state index contributed by atoms with van der Waals surface area (Å²) >= 11 is 3.31. The second-order valence-electron chi connectivity index (χ2n) is 5.32. The van der Waals surface area contributed by atoms with Crippen LogP contribution in [0.2, 0.25) is 0 Å². The van der Waals surface area contributed by atoms with Gasteiger partial charge in [0.05, 0.1) is 17.9 Å². The van der Waals surface area contributed by atoms with Gasteiger partial charge in [0.15, 0.2) is 0 Å². The molecule has 3 aromatic rings. The predicted molar refractivity (Wildman–Crippen MR) is 91.0 cm³/mol. The van der Waals surface area contributed by atoms with E-state index in [9.17, 15) is 9.59 Å². The number of nitriles is 1. The molecule has 3 aromatic heterocycles. The van der Waals surface area contributed by atoms with Gasteiger partial charge in [-0.25, -0.2) is 9.67 Å². The average Bonchev–Trinajstić information content (AvgIpc) is 2.54. The Bertz CT molecular complexity index is 1120. The molecule has 0 fully saturated rings. The molecule has 0 N–H and O–H groups in total. The van der Waals surface area contributed by atoms with E-state index < -0.39 is 5.56 Å². The summed E-state index contributed by atoms with van der Waals surface area (Å²) in [4.78, 5) is 28.9. The summed E-state index contributed by atoms with van der Waals surface area (Å²) in [5.74, 6) is 0. The lowest BCUT2D eigenvalue weighted by atomic mass is 10.1. The van der Waals surface area contributed by atoms with Crippen molar-refractivity contribution in [3.05, 3.63) is 72.1 Å². The van der Waals surface area contributed by atoms with Crippen LogP contribution in [0.5, 0.6) is 0 Å². The van der Waals surface area contributed by atoms with E-state index in [2.05, 4.69) is 26.0 Å². The topological polar surface area (TPSA) is 93.0 Å². The largest absolute Gasteiger partial charge is 0.285 e. The van der Waals surface area contributed by atoms with Crippen LogP contribution >= 0.6 is 15.9 Å². The Kier molecular flexibility index (Phi) is 4.03. The average molecular weight is 386 g/mol. The van der Waals surface area contributed by atoms with Gasteiger partial charge in [0, 0.05) is 16.7 Å². The molecule has 3 heterocycles. The number of halogens is 1. The number of hydrogen-bond donors (Lipinski definition) is 0. The summed E-state index contributed by atoms with van der Waals surface area (Å²) in [6.07, 6.45) is 1.63. The van der Waals surface area contributed by atoms with E-state index in [1.807, 2.05) is 6.07 Å². The van der Waals surface area contributed by atoms with Crippen molar-refractivity contribution >= 4 is 21.6 Å². The van der Waals surface area contributed by atoms with Gasteiger partial charge in [0.1, 0.15) is 17.3 Å². The Morgan fingerprint density at radius 3 is 2.75 bits per heavy atom. The Labute approximate surface area is 144 Å². The first-order valence-corrected chi connectivity index (χ1v) is 7.86. The van der Waals surface area contributed by atoms with E-state index in [1.54, 1.807) is 32.2 Å². The van der Waals surface area contributed by atoms with Crippen LogP contribution in [-0.2, 0) is 6.54 Å². The maximum absolute atomic E-state index is 12.3. The lowest BCUT2D eigenvalue weighted by molar-refractivity contribution is 0.612. The van der Waals surface area contributed by atoms with Crippen molar-refractivity contribution < 1.29 is 0 Å². The number of rotatable bonds is 2. The molecule has 3 rings (SSSR count). The molecule has 0 spiro atoms. The van der Waals surface area contributed by atoms with Crippen LogP contribution in [-0.4, -0.2) is 19.2 Å². The zero-order valence-electron chi connectivity index (χ0n) is 12.9. The molecular formula is C16H12BrN5O2. The quantitative estimate of drug-likeness (QED) is 0.666. The third kappa shape index (κ3) is 2.74. The molecule has 7 nitrogen and oxygen atoms in total. The summed E-state index contributed by atoms with van der Waals surface area (Å²) in [6.45, 7) is 3.44. The highest BCUT2D eigenvalue weighted by Gasteiger charge is 2.13. The lowest BCUT2D eigenvalue weighted by Crippen LogP contribution is -2.29. The summed E-state index contributed by atoms with van der Waals surface area (Å²) < 4.78 is 3.33. The summed E-state index contributed by atoms with van der Waals surface area (Å²) in [7, 11) is 0. The molecule has 0 atom stereocenters. The maximum atomic E-state index is 12.3. The highest BCUT2D eigenvalue weighted by atomic mass is 79.9. The van der Waals surface area contributed by atoms with Gasteiger partial charge in [-0.1, -0.05) is 0 Å². The third-order valence-corrected chi connectivity index (χ3v) is 4.21. The van der Waals surface area contributed by atoms with Gasteiger partial charge in [0.2, 0.25) is 0 Å². The molecule has 0 aliphatic rings. The minimum absolute atomic E-state index is 0.0242. The fourth-order valence-electron chi connectivity index (χ4n) is 2.37. The van der Waals surface area contributed by atoms with Gasteiger partial charge < -0.3 is 0 Å². The zero-order valence-corrected chi connectivity index (χ0v) is 14.5. The maximum Gasteiger partial charge on any atom is 0.285 e. The number of aryl methyl sites for hydroxylation is 1. The number of nitrogens with zero attached hydrogens (tertiary/aromatic N) is 5. The molecule has 0 aromatic carbocycles. The zero-order chi connectivity index (χ0) is 17.4. The third-order valence-electron chi connectivity index (χ3n) is 3.74. The second kappa shape index (κ2) is 6.02. The van der Waals surface area contributed by atoms with Gasteiger partial charge in [0.25, 0.3) is 11.1 Å². The normalized spacial score (nSPS) is 10.8. The number of aromatic nitrogens is 4. The van der Waals surface area contributed by atoms with Gasteiger partial charge in [-0.2, -0.15) is 10.4 Å². The molecule has 120 valence electrons. The molecule has 0 saturated heterocycles. The lowest BCUT2D eigenvalue weighted by Gasteiger charge is -2.09. The number of hydrogen-bond acceptors (Lipinski definition) is 5. The van der Waals surface area contributed by atoms with Crippen LogP contribution in [0.15, 0.2) is 38.5 Å². The van der Waals surface area contributed by atoms with Crippen molar-refractivity contribution in [2.75, 3.05) is 0 Å². The fraction of sp³-hybridized carbons (Fsp3) is 0.188. The molecule has 0 unspecified atom stereocenters. The van der Waals surface area contributed by atoms with E-state index in [-0.39, 0.29) is 17.7 Å². The van der Waals surface area contributed by atoms with Crippen LogP contribution in [0.1, 0.15) is 22.5 Å². The van der Waals surface area contributed by atoms with Crippen molar-refractivity contribution in [2.45, 2.75) is 20.4 Å². The minimum Gasteiger partial charge on any atom is -0.269 e. The smallest absolute Gasteiger partial charge is 0.269 e. The Balaban J connectivity index is 2.13.